The summed E-state index contributed by atoms with van der Waals surface area (Å²) >= 11 is 0. The Kier molecular flexibility index (Phi) is 2.07. The number of nitrogen functional groups attached to an aromatic ring is 1. The summed E-state index contributed by atoms with van der Waals surface area (Å²) in [6.45, 7) is 0. The van der Waals surface area contributed by atoms with Crippen LogP contribution in [-0.4, -0.2) is 5.11 Å². The molecule has 1 aromatic rings. The SMILES string of the molecule is Nc1c(O)cc(C(F)(F)F)cc1F. The second kappa shape index (κ2) is 2.79. The van der Waals surface area contributed by atoms with Crippen LogP contribution in [0.25, 0.3) is 0 Å². The van der Waals surface area contributed by atoms with Gasteiger partial charge in [-0.3, -0.25) is 0 Å². The zero-order chi connectivity index (χ0) is 10.2. The largest absolute Gasteiger partial charge is 0.506 e. The van der Waals surface area contributed by atoms with Crippen molar-refractivity contribution in [2.45, 2.75) is 6.18 Å². The molecule has 13 heavy (non-hydrogen) atoms. The molecule has 0 atom stereocenters. The Labute approximate surface area is 70.6 Å². The van der Waals surface area contributed by atoms with Crippen LogP contribution in [0.3, 0.4) is 0 Å². The summed E-state index contributed by atoms with van der Waals surface area (Å²) in [5, 5.41) is 8.78. The van der Waals surface area contributed by atoms with E-state index in [0.29, 0.717) is 6.07 Å². The Morgan fingerprint density at radius 2 is 1.77 bits per heavy atom. The van der Waals surface area contributed by atoms with E-state index in [1.54, 1.807) is 0 Å². The zero-order valence-corrected chi connectivity index (χ0v) is 6.19. The highest BCUT2D eigenvalue weighted by atomic mass is 19.4. The number of alkyl halides is 3. The van der Waals surface area contributed by atoms with Crippen LogP contribution in [0.4, 0.5) is 23.2 Å². The fraction of sp³-hybridized carbons (Fsp3) is 0.143. The van der Waals surface area contributed by atoms with E-state index in [0.717, 1.165) is 0 Å². The van der Waals surface area contributed by atoms with Gasteiger partial charge in [0.15, 0.2) is 0 Å². The number of hydrogen-bond donors (Lipinski definition) is 2. The third-order valence-electron chi connectivity index (χ3n) is 1.44. The van der Waals surface area contributed by atoms with Gasteiger partial charge in [0.05, 0.1) is 5.56 Å². The summed E-state index contributed by atoms with van der Waals surface area (Å²) < 4.78 is 48.5. The van der Waals surface area contributed by atoms with Gasteiger partial charge in [-0.15, -0.1) is 0 Å². The van der Waals surface area contributed by atoms with Gasteiger partial charge in [-0.1, -0.05) is 0 Å². The van der Waals surface area contributed by atoms with Gasteiger partial charge in [0.1, 0.15) is 17.3 Å². The molecule has 0 bridgehead atoms. The highest BCUT2D eigenvalue weighted by Gasteiger charge is 2.32. The van der Waals surface area contributed by atoms with E-state index in [-0.39, 0.29) is 6.07 Å². The van der Waals surface area contributed by atoms with Crippen molar-refractivity contribution in [3.05, 3.63) is 23.5 Å². The Morgan fingerprint density at radius 3 is 2.15 bits per heavy atom. The van der Waals surface area contributed by atoms with Crippen molar-refractivity contribution < 1.29 is 22.7 Å². The lowest BCUT2D eigenvalue weighted by atomic mass is 10.2. The van der Waals surface area contributed by atoms with Crippen LogP contribution < -0.4 is 5.73 Å². The average molecular weight is 195 g/mol. The number of phenolic OH excluding ortho intramolecular Hbond substituents is 1. The molecule has 0 fully saturated rings. The predicted octanol–water partition coefficient (Wildman–Crippen LogP) is 2.13. The van der Waals surface area contributed by atoms with Crippen LogP contribution in [-0.2, 0) is 6.18 Å². The fourth-order valence-electron chi connectivity index (χ4n) is 0.767. The van der Waals surface area contributed by atoms with E-state index >= 15 is 0 Å². The molecule has 3 N–H and O–H groups in total. The first kappa shape index (κ1) is 9.63. The van der Waals surface area contributed by atoms with Crippen molar-refractivity contribution >= 4 is 5.69 Å². The molecule has 1 aromatic carbocycles. The van der Waals surface area contributed by atoms with Gasteiger partial charge >= 0.3 is 6.18 Å². The maximum atomic E-state index is 12.6. The number of nitrogens with two attached hydrogens (primary N) is 1. The molecule has 0 unspecified atom stereocenters. The van der Waals surface area contributed by atoms with E-state index in [2.05, 4.69) is 0 Å². The average Bonchev–Trinajstić information content (AvgIpc) is 1.97. The number of benzene rings is 1. The monoisotopic (exact) mass is 195 g/mol. The van der Waals surface area contributed by atoms with Gasteiger partial charge in [0, 0.05) is 0 Å². The van der Waals surface area contributed by atoms with E-state index in [1.807, 2.05) is 0 Å². The number of halogens is 4. The standard InChI is InChI=1S/C7H5F4NO/c8-4-1-3(7(9,10)11)2-5(13)6(4)12/h1-2,13H,12H2. The minimum absolute atomic E-state index is 0.231. The molecule has 0 spiro atoms. The van der Waals surface area contributed by atoms with Crippen LogP contribution in [0, 0.1) is 5.82 Å². The van der Waals surface area contributed by atoms with Gasteiger partial charge in [0.25, 0.3) is 0 Å². The molecule has 0 aliphatic carbocycles. The van der Waals surface area contributed by atoms with Gasteiger partial charge in [0.2, 0.25) is 0 Å². The minimum atomic E-state index is -4.69. The Bertz CT molecular complexity index is 311. The summed E-state index contributed by atoms with van der Waals surface area (Å²) in [6.07, 6.45) is -4.69. The van der Waals surface area contributed by atoms with Crippen LogP contribution in [0.1, 0.15) is 5.56 Å². The van der Waals surface area contributed by atoms with Crippen LogP contribution in [0.15, 0.2) is 12.1 Å². The molecule has 0 aromatic heterocycles. The number of aromatic hydroxyl groups is 1. The number of rotatable bonds is 0. The first-order valence-corrected chi connectivity index (χ1v) is 3.17. The maximum Gasteiger partial charge on any atom is 0.416 e. The topological polar surface area (TPSA) is 46.2 Å². The molecule has 6 heteroatoms. The van der Waals surface area contributed by atoms with E-state index < -0.39 is 29.0 Å². The molecule has 0 radical (unpaired) electrons. The molecular formula is C7H5F4NO. The second-order valence-corrected chi connectivity index (χ2v) is 2.39. The van der Waals surface area contributed by atoms with Gasteiger partial charge in [-0.2, -0.15) is 13.2 Å². The Hall–Kier alpha value is -1.46. The molecule has 0 heterocycles. The fourth-order valence-corrected chi connectivity index (χ4v) is 0.767. The number of phenols is 1. The Balaban J connectivity index is 3.29. The van der Waals surface area contributed by atoms with E-state index in [1.165, 1.54) is 0 Å². The summed E-state index contributed by atoms with van der Waals surface area (Å²) in [4.78, 5) is 0. The van der Waals surface area contributed by atoms with E-state index in [9.17, 15) is 17.6 Å². The van der Waals surface area contributed by atoms with Crippen molar-refractivity contribution in [1.29, 1.82) is 0 Å². The minimum Gasteiger partial charge on any atom is -0.506 e. The third kappa shape index (κ3) is 1.82. The van der Waals surface area contributed by atoms with Crippen LogP contribution >= 0.6 is 0 Å². The molecule has 2 nitrogen and oxygen atoms in total. The first-order valence-electron chi connectivity index (χ1n) is 3.17. The highest BCUT2D eigenvalue weighted by molar-refractivity contribution is 5.54. The van der Waals surface area contributed by atoms with Crippen LogP contribution in [0.5, 0.6) is 5.75 Å². The number of anilines is 1. The zero-order valence-electron chi connectivity index (χ0n) is 6.19. The predicted molar refractivity (Wildman–Crippen MR) is 37.5 cm³/mol. The first-order chi connectivity index (χ1) is 5.82. The van der Waals surface area contributed by atoms with Crippen molar-refractivity contribution in [3.63, 3.8) is 0 Å². The van der Waals surface area contributed by atoms with Crippen molar-refractivity contribution in [2.24, 2.45) is 0 Å². The van der Waals surface area contributed by atoms with Crippen molar-refractivity contribution in [2.75, 3.05) is 5.73 Å². The summed E-state index contributed by atoms with van der Waals surface area (Å²) in [5.41, 5.74) is 2.95. The van der Waals surface area contributed by atoms with Gasteiger partial charge in [-0.05, 0) is 12.1 Å². The van der Waals surface area contributed by atoms with E-state index in [4.69, 9.17) is 10.8 Å². The summed E-state index contributed by atoms with van der Waals surface area (Å²) in [7, 11) is 0. The second-order valence-electron chi connectivity index (χ2n) is 2.39. The molecule has 0 saturated heterocycles. The lowest BCUT2D eigenvalue weighted by molar-refractivity contribution is -0.137. The summed E-state index contributed by atoms with van der Waals surface area (Å²) in [5.74, 6) is -2.19. The normalized spacial score (nSPS) is 11.7. The Morgan fingerprint density at radius 1 is 1.23 bits per heavy atom. The quantitative estimate of drug-likeness (QED) is 0.378. The highest BCUT2D eigenvalue weighted by Crippen LogP contribution is 2.34. The van der Waals surface area contributed by atoms with Crippen molar-refractivity contribution in [1.82, 2.24) is 0 Å². The van der Waals surface area contributed by atoms with Crippen LogP contribution in [0.2, 0.25) is 0 Å². The molecular weight excluding hydrogens is 190 g/mol. The lowest BCUT2D eigenvalue weighted by Crippen LogP contribution is -2.06. The molecule has 0 saturated carbocycles. The van der Waals surface area contributed by atoms with Crippen molar-refractivity contribution in [3.8, 4) is 5.75 Å². The van der Waals surface area contributed by atoms with Gasteiger partial charge < -0.3 is 10.8 Å². The molecule has 72 valence electrons. The molecule has 0 aliphatic rings. The smallest absolute Gasteiger partial charge is 0.416 e. The van der Waals surface area contributed by atoms with Gasteiger partial charge in [-0.25, -0.2) is 4.39 Å². The maximum absolute atomic E-state index is 12.6. The molecule has 0 amide bonds. The molecule has 1 rings (SSSR count). The summed E-state index contributed by atoms with van der Waals surface area (Å²) in [6, 6.07) is 0.605. The number of hydrogen-bond acceptors (Lipinski definition) is 2. The molecule has 0 aliphatic heterocycles. The lowest BCUT2D eigenvalue weighted by Gasteiger charge is -2.08. The third-order valence-corrected chi connectivity index (χ3v) is 1.44.